The van der Waals surface area contributed by atoms with Crippen LogP contribution in [-0.4, -0.2) is 53.0 Å². The Balaban J connectivity index is 2.45. The first-order chi connectivity index (χ1) is 8.19. The number of hydrogen-bond acceptors (Lipinski definition) is 5. The molecular weight excluding hydrogens is 240 g/mol. The summed E-state index contributed by atoms with van der Waals surface area (Å²) in [6, 6.07) is -0.504. The van der Waals surface area contributed by atoms with E-state index in [1.807, 2.05) is 0 Å². The number of hydrogen-bond donors (Lipinski definition) is 2. The molecule has 7 nitrogen and oxygen atoms in total. The molecule has 0 spiro atoms. The number of carbonyl (C=O) groups is 2. The normalized spacial score (nSPS) is 24.6. The van der Waals surface area contributed by atoms with Crippen LogP contribution in [0.25, 0.3) is 0 Å². The summed E-state index contributed by atoms with van der Waals surface area (Å²) in [6.45, 7) is 5.37. The second-order valence-corrected chi connectivity index (χ2v) is 5.32. The molecule has 1 fully saturated rings. The van der Waals surface area contributed by atoms with Gasteiger partial charge in [0.15, 0.2) is 0 Å². The molecule has 0 bridgehead atoms. The van der Waals surface area contributed by atoms with Gasteiger partial charge in [-0.05, 0) is 27.2 Å². The van der Waals surface area contributed by atoms with Crippen molar-refractivity contribution in [1.29, 1.82) is 0 Å². The van der Waals surface area contributed by atoms with Crippen LogP contribution < -0.4 is 10.4 Å². The highest BCUT2D eigenvalue weighted by Gasteiger charge is 2.30. The molecule has 1 rings (SSSR count). The smallest absolute Gasteiger partial charge is 0.407 e. The average Bonchev–Trinajstić information content (AvgIpc) is 2.17. The van der Waals surface area contributed by atoms with Crippen molar-refractivity contribution in [2.75, 3.05) is 13.1 Å². The maximum atomic E-state index is 11.5. The standard InChI is InChI=1S/C11H20N2O5/c1-11(2,3)18-9(15)12-7-4-5-13(10(16)17)6-8(7)14/h7-8,14H,4-6H2,1-3H3,(H,12,15)(H,16,17)/p-1/t7-,8-/m0/s1. The molecule has 0 saturated carbocycles. The zero-order valence-electron chi connectivity index (χ0n) is 10.8. The first-order valence-electron chi connectivity index (χ1n) is 5.82. The maximum absolute atomic E-state index is 11.5. The number of nitrogens with one attached hydrogen (secondary N) is 1. The van der Waals surface area contributed by atoms with Crippen LogP contribution in [0.2, 0.25) is 0 Å². The molecule has 1 aliphatic heterocycles. The topological polar surface area (TPSA) is 102 Å². The summed E-state index contributed by atoms with van der Waals surface area (Å²) in [5.41, 5.74) is -0.610. The van der Waals surface area contributed by atoms with Gasteiger partial charge in [0.25, 0.3) is 0 Å². The molecule has 2 amide bonds. The lowest BCUT2D eigenvalue weighted by molar-refractivity contribution is -0.268. The third-order valence-corrected chi connectivity index (χ3v) is 2.54. The highest BCUT2D eigenvalue weighted by atomic mass is 16.6. The molecule has 2 N–H and O–H groups in total. The molecule has 0 aromatic carbocycles. The summed E-state index contributed by atoms with van der Waals surface area (Å²) in [4.78, 5) is 23.1. The Kier molecular flexibility index (Phi) is 4.39. The van der Waals surface area contributed by atoms with Crippen molar-refractivity contribution < 1.29 is 24.5 Å². The second kappa shape index (κ2) is 5.43. The van der Waals surface area contributed by atoms with Gasteiger partial charge < -0.3 is 30.0 Å². The van der Waals surface area contributed by atoms with Crippen molar-refractivity contribution >= 4 is 12.2 Å². The van der Waals surface area contributed by atoms with E-state index >= 15 is 0 Å². The van der Waals surface area contributed by atoms with E-state index in [0.717, 1.165) is 4.90 Å². The van der Waals surface area contributed by atoms with E-state index in [4.69, 9.17) is 4.74 Å². The van der Waals surface area contributed by atoms with Crippen molar-refractivity contribution in [3.63, 3.8) is 0 Å². The van der Waals surface area contributed by atoms with Crippen LogP contribution in [-0.2, 0) is 4.74 Å². The summed E-state index contributed by atoms with van der Waals surface area (Å²) in [6.07, 6.45) is -2.56. The van der Waals surface area contributed by atoms with Crippen LogP contribution in [0.4, 0.5) is 9.59 Å². The van der Waals surface area contributed by atoms with E-state index in [2.05, 4.69) is 5.32 Å². The number of β-amino-alcohol motifs (C(OH)–C–C–N with tert-alkyl or cyclic N) is 1. The van der Waals surface area contributed by atoms with Gasteiger partial charge >= 0.3 is 6.09 Å². The van der Waals surface area contributed by atoms with Gasteiger partial charge in [-0.15, -0.1) is 0 Å². The molecule has 1 aliphatic rings. The molecule has 1 heterocycles. The second-order valence-electron chi connectivity index (χ2n) is 5.32. The number of piperidine rings is 1. The fourth-order valence-electron chi connectivity index (χ4n) is 1.72. The Morgan fingerprint density at radius 1 is 1.44 bits per heavy atom. The Morgan fingerprint density at radius 2 is 2.06 bits per heavy atom. The molecule has 7 heteroatoms. The first-order valence-corrected chi connectivity index (χ1v) is 5.82. The van der Waals surface area contributed by atoms with E-state index < -0.39 is 29.9 Å². The van der Waals surface area contributed by atoms with Gasteiger partial charge in [-0.25, -0.2) is 4.79 Å². The Hall–Kier alpha value is -1.50. The van der Waals surface area contributed by atoms with E-state index in [9.17, 15) is 19.8 Å². The van der Waals surface area contributed by atoms with E-state index in [1.165, 1.54) is 0 Å². The van der Waals surface area contributed by atoms with Crippen molar-refractivity contribution in [1.82, 2.24) is 10.2 Å². The highest BCUT2D eigenvalue weighted by Crippen LogP contribution is 2.12. The average molecular weight is 259 g/mol. The SMILES string of the molecule is CC(C)(C)OC(=O)N[C@H]1CCN(C(=O)[O-])C[C@@H]1O. The first kappa shape index (κ1) is 14.6. The Morgan fingerprint density at radius 3 is 2.50 bits per heavy atom. The molecular formula is C11H19N2O5-. The Bertz CT molecular complexity index is 326. The van der Waals surface area contributed by atoms with Gasteiger partial charge in [0.05, 0.1) is 12.1 Å². The van der Waals surface area contributed by atoms with Crippen LogP contribution >= 0.6 is 0 Å². The molecule has 104 valence electrons. The largest absolute Gasteiger partial charge is 0.530 e. The molecule has 0 aliphatic carbocycles. The van der Waals surface area contributed by atoms with Gasteiger partial charge in [-0.2, -0.15) is 0 Å². The molecule has 0 radical (unpaired) electrons. The van der Waals surface area contributed by atoms with Crippen molar-refractivity contribution in [3.05, 3.63) is 0 Å². The summed E-state index contributed by atoms with van der Waals surface area (Å²) >= 11 is 0. The van der Waals surface area contributed by atoms with Gasteiger partial charge in [0, 0.05) is 13.1 Å². The fourth-order valence-corrected chi connectivity index (χ4v) is 1.72. The number of alkyl carbamates (subject to hydrolysis) is 1. The number of carboxylic acid groups (broad SMARTS) is 1. The quantitative estimate of drug-likeness (QED) is 0.647. The van der Waals surface area contributed by atoms with Crippen LogP contribution in [0.1, 0.15) is 27.2 Å². The molecule has 0 unspecified atom stereocenters. The number of nitrogens with zero attached hydrogens (tertiary/aromatic N) is 1. The molecule has 2 atom stereocenters. The summed E-state index contributed by atoms with van der Waals surface area (Å²) < 4.78 is 5.06. The lowest BCUT2D eigenvalue weighted by Crippen LogP contribution is -2.57. The third kappa shape index (κ3) is 4.40. The van der Waals surface area contributed by atoms with Crippen LogP contribution in [0.3, 0.4) is 0 Å². The molecule has 0 aromatic rings. The minimum atomic E-state index is -1.32. The molecule has 0 aromatic heterocycles. The number of amides is 2. The zero-order valence-corrected chi connectivity index (χ0v) is 10.8. The number of aliphatic hydroxyl groups is 1. The van der Waals surface area contributed by atoms with Gasteiger partial charge in [-0.3, -0.25) is 0 Å². The monoisotopic (exact) mass is 259 g/mol. The van der Waals surface area contributed by atoms with Gasteiger partial charge in [-0.1, -0.05) is 0 Å². The summed E-state index contributed by atoms with van der Waals surface area (Å²) in [5, 5.41) is 22.9. The van der Waals surface area contributed by atoms with Gasteiger partial charge in [0.2, 0.25) is 0 Å². The van der Waals surface area contributed by atoms with E-state index in [-0.39, 0.29) is 13.1 Å². The number of aliphatic hydroxyl groups excluding tert-OH is 1. The minimum Gasteiger partial charge on any atom is -0.530 e. The summed E-state index contributed by atoms with van der Waals surface area (Å²) in [5.74, 6) is 0. The number of likely N-dealkylation sites (tertiary alicyclic amines) is 1. The summed E-state index contributed by atoms with van der Waals surface area (Å²) in [7, 11) is 0. The predicted octanol–water partition coefficient (Wildman–Crippen LogP) is -0.710. The highest BCUT2D eigenvalue weighted by molar-refractivity contribution is 5.68. The van der Waals surface area contributed by atoms with Gasteiger partial charge in [0.1, 0.15) is 11.7 Å². The third-order valence-electron chi connectivity index (χ3n) is 2.54. The number of ether oxygens (including phenoxy) is 1. The zero-order chi connectivity index (χ0) is 13.9. The molecule has 18 heavy (non-hydrogen) atoms. The number of carbonyl (C=O) groups excluding carboxylic acids is 2. The fraction of sp³-hybridized carbons (Fsp3) is 0.818. The Labute approximate surface area is 106 Å². The minimum absolute atomic E-state index is 0.0667. The van der Waals surface area contributed by atoms with Crippen LogP contribution in [0, 0.1) is 0 Å². The van der Waals surface area contributed by atoms with E-state index in [0.29, 0.717) is 6.42 Å². The van der Waals surface area contributed by atoms with Crippen molar-refractivity contribution in [2.24, 2.45) is 0 Å². The molecule has 1 saturated heterocycles. The van der Waals surface area contributed by atoms with Crippen LogP contribution in [0.5, 0.6) is 0 Å². The lowest BCUT2D eigenvalue weighted by atomic mass is 10.0. The van der Waals surface area contributed by atoms with E-state index in [1.54, 1.807) is 20.8 Å². The predicted molar refractivity (Wildman–Crippen MR) is 60.8 cm³/mol. The van der Waals surface area contributed by atoms with Crippen molar-refractivity contribution in [3.8, 4) is 0 Å². The maximum Gasteiger partial charge on any atom is 0.407 e. The number of rotatable bonds is 1. The van der Waals surface area contributed by atoms with Crippen LogP contribution in [0.15, 0.2) is 0 Å². The lowest BCUT2D eigenvalue weighted by Gasteiger charge is -2.37. The van der Waals surface area contributed by atoms with Crippen molar-refractivity contribution in [2.45, 2.75) is 44.9 Å².